The molecule has 8 heteroatoms. The number of anilines is 1. The Hall–Kier alpha value is -3.81. The zero-order chi connectivity index (χ0) is 25.5. The van der Waals surface area contributed by atoms with Crippen molar-refractivity contribution in [3.63, 3.8) is 0 Å². The SMILES string of the molecule is CCn1cc(NC(=O)c2ccc(OC)c(COc3cc(C)ccc3C)c2)c(C(=O)NCC(C)C)n1. The van der Waals surface area contributed by atoms with Crippen molar-refractivity contribution in [2.75, 3.05) is 19.0 Å². The van der Waals surface area contributed by atoms with Crippen molar-refractivity contribution >= 4 is 17.5 Å². The van der Waals surface area contributed by atoms with Crippen molar-refractivity contribution in [1.82, 2.24) is 15.1 Å². The third-order valence-electron chi connectivity index (χ3n) is 5.49. The van der Waals surface area contributed by atoms with Crippen molar-refractivity contribution in [1.29, 1.82) is 0 Å². The molecule has 0 radical (unpaired) electrons. The number of aryl methyl sites for hydroxylation is 3. The van der Waals surface area contributed by atoms with Crippen LogP contribution in [0.25, 0.3) is 0 Å². The van der Waals surface area contributed by atoms with Gasteiger partial charge in [0.15, 0.2) is 5.69 Å². The highest BCUT2D eigenvalue weighted by atomic mass is 16.5. The Labute approximate surface area is 206 Å². The number of amides is 2. The van der Waals surface area contributed by atoms with Gasteiger partial charge in [0.25, 0.3) is 11.8 Å². The topological polar surface area (TPSA) is 94.5 Å². The first-order chi connectivity index (χ1) is 16.7. The monoisotopic (exact) mass is 478 g/mol. The lowest BCUT2D eigenvalue weighted by molar-refractivity contribution is 0.0944. The Morgan fingerprint density at radius 2 is 1.83 bits per heavy atom. The summed E-state index contributed by atoms with van der Waals surface area (Å²) in [6.45, 7) is 11.3. The molecule has 1 heterocycles. The van der Waals surface area contributed by atoms with Crippen LogP contribution in [0.5, 0.6) is 11.5 Å². The number of nitrogens with zero attached hydrogens (tertiary/aromatic N) is 2. The molecular formula is C27H34N4O4. The van der Waals surface area contributed by atoms with Gasteiger partial charge in [0.2, 0.25) is 0 Å². The molecule has 0 spiro atoms. The molecule has 1 aromatic heterocycles. The van der Waals surface area contributed by atoms with Crippen LogP contribution in [-0.2, 0) is 13.2 Å². The van der Waals surface area contributed by atoms with Gasteiger partial charge in [-0.1, -0.05) is 26.0 Å². The fourth-order valence-electron chi connectivity index (χ4n) is 3.47. The van der Waals surface area contributed by atoms with Crippen LogP contribution < -0.4 is 20.1 Å². The highest BCUT2D eigenvalue weighted by molar-refractivity contribution is 6.08. The maximum atomic E-state index is 13.1. The third-order valence-corrected chi connectivity index (χ3v) is 5.49. The van der Waals surface area contributed by atoms with E-state index in [2.05, 4.69) is 15.7 Å². The second-order valence-electron chi connectivity index (χ2n) is 8.89. The number of benzene rings is 2. The molecule has 2 amide bonds. The molecule has 0 saturated carbocycles. The number of methoxy groups -OCH3 is 1. The van der Waals surface area contributed by atoms with Crippen LogP contribution in [0.3, 0.4) is 0 Å². The average Bonchev–Trinajstić information content (AvgIpc) is 3.25. The molecule has 3 aromatic rings. The molecule has 35 heavy (non-hydrogen) atoms. The van der Waals surface area contributed by atoms with Crippen molar-refractivity contribution in [3.8, 4) is 11.5 Å². The minimum atomic E-state index is -0.353. The van der Waals surface area contributed by atoms with Crippen molar-refractivity contribution < 1.29 is 19.1 Å². The molecule has 2 aromatic carbocycles. The number of carbonyl (C=O) groups is 2. The number of aromatic nitrogens is 2. The van der Waals surface area contributed by atoms with Crippen LogP contribution in [-0.4, -0.2) is 35.2 Å². The summed E-state index contributed by atoms with van der Waals surface area (Å²) < 4.78 is 13.1. The van der Waals surface area contributed by atoms with Crippen LogP contribution in [0.15, 0.2) is 42.6 Å². The summed E-state index contributed by atoms with van der Waals surface area (Å²) in [4.78, 5) is 25.8. The molecule has 3 rings (SSSR count). The molecule has 0 bridgehead atoms. The van der Waals surface area contributed by atoms with Gasteiger partial charge >= 0.3 is 0 Å². The first-order valence-corrected chi connectivity index (χ1v) is 11.8. The van der Waals surface area contributed by atoms with Gasteiger partial charge in [0, 0.05) is 30.4 Å². The van der Waals surface area contributed by atoms with Crippen LogP contribution in [0.4, 0.5) is 5.69 Å². The predicted molar refractivity (Wildman–Crippen MR) is 136 cm³/mol. The first-order valence-electron chi connectivity index (χ1n) is 11.8. The van der Waals surface area contributed by atoms with E-state index in [9.17, 15) is 9.59 Å². The minimum absolute atomic E-state index is 0.188. The maximum Gasteiger partial charge on any atom is 0.273 e. The Balaban J connectivity index is 1.80. The zero-order valence-electron chi connectivity index (χ0n) is 21.3. The van der Waals surface area contributed by atoms with Crippen molar-refractivity contribution in [2.24, 2.45) is 5.92 Å². The summed E-state index contributed by atoms with van der Waals surface area (Å²) in [5, 5.41) is 10.0. The van der Waals surface area contributed by atoms with E-state index in [1.165, 1.54) is 0 Å². The lowest BCUT2D eigenvalue weighted by Crippen LogP contribution is -2.28. The number of ether oxygens (including phenoxy) is 2. The van der Waals surface area contributed by atoms with Gasteiger partial charge in [-0.15, -0.1) is 0 Å². The summed E-state index contributed by atoms with van der Waals surface area (Å²) in [7, 11) is 1.58. The van der Waals surface area contributed by atoms with Gasteiger partial charge in [-0.3, -0.25) is 14.3 Å². The van der Waals surface area contributed by atoms with Gasteiger partial charge in [-0.25, -0.2) is 0 Å². The molecular weight excluding hydrogens is 444 g/mol. The second-order valence-corrected chi connectivity index (χ2v) is 8.89. The summed E-state index contributed by atoms with van der Waals surface area (Å²) in [5.41, 5.74) is 3.84. The smallest absolute Gasteiger partial charge is 0.273 e. The Kier molecular flexibility index (Phi) is 8.52. The molecule has 2 N–H and O–H groups in total. The minimum Gasteiger partial charge on any atom is -0.496 e. The Morgan fingerprint density at radius 3 is 2.51 bits per heavy atom. The molecule has 186 valence electrons. The summed E-state index contributed by atoms with van der Waals surface area (Å²) in [6, 6.07) is 11.2. The fraction of sp³-hybridized carbons (Fsp3) is 0.370. The van der Waals surface area contributed by atoms with E-state index >= 15 is 0 Å². The molecule has 0 unspecified atom stereocenters. The van der Waals surface area contributed by atoms with E-state index in [1.807, 2.05) is 52.8 Å². The maximum absolute atomic E-state index is 13.1. The molecule has 0 aliphatic rings. The second kappa shape index (κ2) is 11.6. The van der Waals surface area contributed by atoms with E-state index in [-0.39, 0.29) is 24.1 Å². The van der Waals surface area contributed by atoms with Gasteiger partial charge < -0.3 is 20.1 Å². The van der Waals surface area contributed by atoms with E-state index in [1.54, 1.807) is 36.2 Å². The number of hydrogen-bond donors (Lipinski definition) is 2. The van der Waals surface area contributed by atoms with Crippen LogP contribution >= 0.6 is 0 Å². The van der Waals surface area contributed by atoms with Crippen molar-refractivity contribution in [3.05, 3.63) is 70.5 Å². The summed E-state index contributed by atoms with van der Waals surface area (Å²) in [5.74, 6) is 1.03. The van der Waals surface area contributed by atoms with Crippen LogP contribution in [0.2, 0.25) is 0 Å². The van der Waals surface area contributed by atoms with Gasteiger partial charge in [-0.05, 0) is 62.1 Å². The lowest BCUT2D eigenvalue weighted by atomic mass is 10.1. The molecule has 0 atom stereocenters. The van der Waals surface area contributed by atoms with Gasteiger partial charge in [0.05, 0.1) is 12.8 Å². The largest absolute Gasteiger partial charge is 0.496 e. The number of carbonyl (C=O) groups excluding carboxylic acids is 2. The molecule has 8 nitrogen and oxygen atoms in total. The Morgan fingerprint density at radius 1 is 1.06 bits per heavy atom. The van der Waals surface area contributed by atoms with Crippen LogP contribution in [0.1, 0.15) is 58.3 Å². The summed E-state index contributed by atoms with van der Waals surface area (Å²) >= 11 is 0. The van der Waals surface area contributed by atoms with Gasteiger partial charge in [0.1, 0.15) is 18.1 Å². The van der Waals surface area contributed by atoms with E-state index < -0.39 is 0 Å². The normalized spacial score (nSPS) is 10.8. The number of nitrogens with one attached hydrogen (secondary N) is 2. The average molecular weight is 479 g/mol. The number of hydrogen-bond acceptors (Lipinski definition) is 5. The van der Waals surface area contributed by atoms with E-state index in [0.717, 1.165) is 22.4 Å². The predicted octanol–water partition coefficient (Wildman–Crippen LogP) is 4.75. The lowest BCUT2D eigenvalue weighted by Gasteiger charge is -2.14. The van der Waals surface area contributed by atoms with Gasteiger partial charge in [-0.2, -0.15) is 5.10 Å². The number of rotatable bonds is 10. The zero-order valence-corrected chi connectivity index (χ0v) is 21.3. The highest BCUT2D eigenvalue weighted by Gasteiger charge is 2.20. The van der Waals surface area contributed by atoms with E-state index in [0.29, 0.717) is 36.0 Å². The standard InChI is InChI=1S/C27H34N4O4/c1-7-31-15-22(25(30-31)27(33)28-14-17(2)3)29-26(32)20-10-11-23(34-6)21(13-20)16-35-24-12-18(4)8-9-19(24)5/h8-13,15,17H,7,14,16H2,1-6H3,(H,28,33)(H,29,32). The van der Waals surface area contributed by atoms with E-state index in [4.69, 9.17) is 9.47 Å². The quantitative estimate of drug-likeness (QED) is 0.439. The highest BCUT2D eigenvalue weighted by Crippen LogP contribution is 2.25. The molecule has 0 aliphatic carbocycles. The molecule has 0 saturated heterocycles. The third kappa shape index (κ3) is 6.62. The van der Waals surface area contributed by atoms with Crippen molar-refractivity contribution in [2.45, 2.75) is 47.8 Å². The van der Waals surface area contributed by atoms with Crippen LogP contribution in [0, 0.1) is 19.8 Å². The molecule has 0 fully saturated rings. The molecule has 0 aliphatic heterocycles. The Bertz CT molecular complexity index is 1200. The first kappa shape index (κ1) is 25.8. The fourth-order valence-corrected chi connectivity index (χ4v) is 3.47. The summed E-state index contributed by atoms with van der Waals surface area (Å²) in [6.07, 6.45) is 1.66.